The highest BCUT2D eigenvalue weighted by molar-refractivity contribution is 7.94. The first-order chi connectivity index (χ1) is 65.0. The summed E-state index contributed by atoms with van der Waals surface area (Å²) in [6, 6.07) is 13.0. The van der Waals surface area contributed by atoms with Gasteiger partial charge >= 0.3 is 5.97 Å². The van der Waals surface area contributed by atoms with Gasteiger partial charge in [0.1, 0.15) is 6.54 Å². The Labute approximate surface area is 789 Å². The van der Waals surface area contributed by atoms with Gasteiger partial charge in [-0.1, -0.05) is 55.7 Å². The topological polar surface area (TPSA) is 422 Å². The van der Waals surface area contributed by atoms with Crippen LogP contribution in [0.25, 0.3) is 0 Å². The van der Waals surface area contributed by atoms with Gasteiger partial charge in [-0.2, -0.15) is 13.0 Å². The van der Waals surface area contributed by atoms with Crippen LogP contribution < -0.4 is 15.1 Å². The Morgan fingerprint density at radius 3 is 1.16 bits per heavy atom. The number of anilines is 1. The minimum atomic E-state index is -4.46. The molecule has 5 N–H and O–H groups in total. The number of ether oxygens (including phenoxy) is 24. The van der Waals surface area contributed by atoms with Crippen LogP contribution in [0.2, 0.25) is 0 Å². The van der Waals surface area contributed by atoms with Crippen molar-refractivity contribution in [3.63, 3.8) is 0 Å². The summed E-state index contributed by atoms with van der Waals surface area (Å²) in [5, 5.41) is 35.3. The highest BCUT2D eigenvalue weighted by atomic mass is 32.2. The smallest absolute Gasteiger partial charge is 0.333 e. The van der Waals surface area contributed by atoms with Crippen LogP contribution in [0.4, 0.5) is 11.4 Å². The molecule has 0 unspecified atom stereocenters. The number of aromatic hydroxyl groups is 2. The maximum Gasteiger partial charge on any atom is 0.333 e. The predicted octanol–water partition coefficient (Wildman–Crippen LogP) is 8.22. The molecule has 0 radical (unpaired) electrons. The monoisotopic (exact) mass is 1940 g/mol. The van der Waals surface area contributed by atoms with E-state index in [1.54, 1.807) is 13.2 Å². The molecule has 3 aromatic rings. The molecule has 0 saturated heterocycles. The highest BCUT2D eigenvalue weighted by Gasteiger charge is 2.45. The summed E-state index contributed by atoms with van der Waals surface area (Å²) < 4.78 is 174. The number of amides is 1. The molecule has 133 heavy (non-hydrogen) atoms. The second kappa shape index (κ2) is 77.8. The molecule has 3 heterocycles. The largest absolute Gasteiger partial charge is 0.492 e. The molecule has 0 spiro atoms. The van der Waals surface area contributed by atoms with Crippen molar-refractivity contribution in [3.05, 3.63) is 108 Å². The second-order valence-corrected chi connectivity index (χ2v) is 32.7. The Kier molecular flexibility index (Phi) is 68.6. The first kappa shape index (κ1) is 117. The van der Waals surface area contributed by atoms with Crippen LogP contribution in [0.15, 0.2) is 107 Å². The summed E-state index contributed by atoms with van der Waals surface area (Å²) in [6.45, 7) is 31.9. The van der Waals surface area contributed by atoms with E-state index in [-0.39, 0.29) is 29.0 Å². The quantitative estimate of drug-likeness (QED) is 0.00675. The number of nitrogens with zero attached hydrogens (tertiary/aromatic N) is 3. The molecule has 2 aromatic carbocycles. The molecular weight excluding hydrogens is 1790 g/mol. The molecule has 760 valence electrons. The van der Waals surface area contributed by atoms with Gasteiger partial charge in [-0.3, -0.25) is 9.35 Å². The van der Waals surface area contributed by atoms with Crippen molar-refractivity contribution in [2.24, 2.45) is 0 Å². The van der Waals surface area contributed by atoms with Crippen molar-refractivity contribution in [1.82, 2.24) is 10.0 Å². The highest BCUT2D eigenvalue weighted by Crippen LogP contribution is 2.49. The van der Waals surface area contributed by atoms with E-state index < -0.39 is 26.9 Å². The average molecular weight is 1940 g/mol. The van der Waals surface area contributed by atoms with E-state index in [2.05, 4.69) is 39.8 Å². The lowest BCUT2D eigenvalue weighted by Crippen LogP contribution is -2.28. The van der Waals surface area contributed by atoms with Gasteiger partial charge in [0.25, 0.3) is 10.1 Å². The Bertz CT molecular complexity index is 3700. The third kappa shape index (κ3) is 55.3. The fraction of sp³-hybridized carbons (Fsp3) is 0.707. The number of hydrogen-bond donors (Lipinski definition) is 5. The second-order valence-electron chi connectivity index (χ2n) is 30.5. The molecule has 1 amide bonds. The molecule has 0 fully saturated rings. The summed E-state index contributed by atoms with van der Waals surface area (Å²) in [5.74, 6) is -1.42. The lowest BCUT2D eigenvalue weighted by molar-refractivity contribution is -0.438. The molecule has 1 aromatic heterocycles. The zero-order valence-corrected chi connectivity index (χ0v) is 80.4. The van der Waals surface area contributed by atoms with Crippen molar-refractivity contribution in [1.29, 1.82) is 0 Å². The number of allylic oxidation sites excluding steroid dienone is 8. The maximum atomic E-state index is 12.8. The average Bonchev–Trinajstić information content (AvgIpc) is 1.60. The normalized spacial score (nSPS) is 14.0. The fourth-order valence-electron chi connectivity index (χ4n) is 13.1. The van der Waals surface area contributed by atoms with E-state index in [4.69, 9.17) is 128 Å². The molecule has 41 heteroatoms. The lowest BCUT2D eigenvalue weighted by atomic mass is 9.81. The number of benzene rings is 2. The van der Waals surface area contributed by atoms with Gasteiger partial charge in [-0.25, -0.2) is 10.1 Å². The van der Waals surface area contributed by atoms with Crippen LogP contribution in [-0.4, -0.2) is 393 Å². The first-order valence-corrected chi connectivity index (χ1v) is 48.1. The summed E-state index contributed by atoms with van der Waals surface area (Å²) >= 11 is 0.884. The van der Waals surface area contributed by atoms with Crippen LogP contribution in [0.1, 0.15) is 90.2 Å². The molecule has 2 aliphatic rings. The number of nitrogens with one attached hydrogen (secondary N) is 1. The van der Waals surface area contributed by atoms with Crippen molar-refractivity contribution in [2.45, 2.75) is 99.7 Å². The number of carbonyl (C=O) groups excluding carboxylic acids is 2. The Hall–Kier alpha value is -6.13. The predicted molar refractivity (Wildman–Crippen MR) is 492 cm³/mol. The third-order valence-electron chi connectivity index (χ3n) is 19.9. The Balaban J connectivity index is 0.723. The van der Waals surface area contributed by atoms with E-state index in [0.717, 1.165) is 70.1 Å². The molecule has 2 aliphatic heterocycles. The van der Waals surface area contributed by atoms with E-state index in [1.165, 1.54) is 24.3 Å². The Morgan fingerprint density at radius 1 is 0.414 bits per heavy atom. The standard InChI is InChI=1S/C92H150N4O35S2/c1-91(2)81-77-79(132-131-130-101)21-23-83(81)94(29-16-10-14-20-90(100)129-96-88(98)25-26-89(96)99)85(91)17-11-7-6-8-12-18-86-92(3,4)82-78-80(133(102,103)104)22-24-84(82)95(86)28-15-9-13-19-87(97)93-27-30-106-33-34-108-37-38-110-41-42-112-45-46-114-49-50-116-53-54-118-57-58-120-61-62-122-65-66-124-69-70-126-73-74-128-76-75-127-72-71-125-68-67-123-64-63-121-60-59-119-56-55-117-52-51-115-48-47-113-44-43-111-40-39-109-36-35-107-32-31-105-5/h6-8,11-12,17-18,21-26,77-78H,9-10,13-16,19-20,27-76H2,1-5H3,(H4-,93,97,98,99,101,102,103,104)/p+1. The zero-order chi connectivity index (χ0) is 95.3. The van der Waals surface area contributed by atoms with Crippen molar-refractivity contribution in [2.75, 3.05) is 342 Å². The maximum absolute atomic E-state index is 12.8. The number of methoxy groups -OCH3 is 1. The van der Waals surface area contributed by atoms with Gasteiger partial charge in [0.2, 0.25) is 23.4 Å². The van der Waals surface area contributed by atoms with E-state index in [1.807, 2.05) is 68.5 Å². The van der Waals surface area contributed by atoms with Gasteiger partial charge in [0.05, 0.1) is 333 Å². The Morgan fingerprint density at radius 2 is 0.774 bits per heavy atom. The number of carbonyl (C=O) groups is 2. The van der Waals surface area contributed by atoms with Gasteiger partial charge in [0, 0.05) is 91.0 Å². The number of fused-ring (bicyclic) bond motifs is 2. The summed E-state index contributed by atoms with van der Waals surface area (Å²) in [4.78, 5) is 33.1. The third-order valence-corrected chi connectivity index (χ3v) is 21.3. The number of hydrogen-bond acceptors (Lipinski definition) is 36. The van der Waals surface area contributed by atoms with Crippen LogP contribution in [0, 0.1) is 0 Å². The SMILES string of the molecule is COCCOCCOCCOCCOCCOCCOCCOCCOCCOCCOCCOCCOCCOCCOCCOCCOCCOCCOCCOCCOCCOCCOCCOCCNC(=O)CCCCCN1C(=CC=CC=CC=CC2=[N+](CCCCCC(=O)On3c(O)ccc3O)c3ccc(SOOO)cc3C2(C)C)C(C)(C)c2cc(S(=O)(=O)O)ccc21. The van der Waals surface area contributed by atoms with Gasteiger partial charge in [-0.15, -0.1) is 9.06 Å². The number of aromatic nitrogens is 1. The van der Waals surface area contributed by atoms with Crippen molar-refractivity contribution < 1.29 is 170 Å². The van der Waals surface area contributed by atoms with Gasteiger partial charge < -0.3 is 139 Å². The summed E-state index contributed by atoms with van der Waals surface area (Å²) in [7, 11) is -2.82. The summed E-state index contributed by atoms with van der Waals surface area (Å²) in [5.41, 5.74) is 4.54. The van der Waals surface area contributed by atoms with Gasteiger partial charge in [-0.05, 0) is 81.5 Å². The van der Waals surface area contributed by atoms with E-state index >= 15 is 0 Å². The molecule has 0 aliphatic carbocycles. The molecule has 0 bridgehead atoms. The fourth-order valence-corrected chi connectivity index (χ4v) is 14.0. The molecule has 5 rings (SSSR count). The number of unbranched alkanes of at least 4 members (excludes halogenated alkanes) is 4. The number of rotatable bonds is 93. The first-order valence-electron chi connectivity index (χ1n) is 45.9. The van der Waals surface area contributed by atoms with Crippen molar-refractivity contribution in [3.8, 4) is 11.8 Å². The van der Waals surface area contributed by atoms with Crippen LogP contribution in [0.5, 0.6) is 11.8 Å². The van der Waals surface area contributed by atoms with E-state index in [0.29, 0.717) is 361 Å². The zero-order valence-electron chi connectivity index (χ0n) is 78.8. The summed E-state index contributed by atoms with van der Waals surface area (Å²) in [6.07, 6.45) is 18.3. The molecule has 0 saturated carbocycles. The van der Waals surface area contributed by atoms with Crippen LogP contribution in [-0.2, 0) is 154 Å². The van der Waals surface area contributed by atoms with Crippen molar-refractivity contribution >= 4 is 51.1 Å². The van der Waals surface area contributed by atoms with E-state index in [9.17, 15) is 32.8 Å². The van der Waals surface area contributed by atoms with Gasteiger partial charge in [0.15, 0.2) is 5.71 Å². The van der Waals surface area contributed by atoms with Crippen LogP contribution in [0.3, 0.4) is 0 Å². The minimum Gasteiger partial charge on any atom is -0.492 e. The molecule has 0 atom stereocenters. The molecular formula is C92H151N4O35S2+. The van der Waals surface area contributed by atoms with Crippen LogP contribution >= 0.6 is 12.0 Å². The lowest BCUT2D eigenvalue weighted by Gasteiger charge is -2.27. The molecule has 39 nitrogen and oxygen atoms in total. The minimum absolute atomic E-state index is 0.0652.